The molecular weight excluding hydrogens is 425 g/mol. The van der Waals surface area contributed by atoms with Gasteiger partial charge in [-0.25, -0.2) is 4.68 Å². The van der Waals surface area contributed by atoms with Gasteiger partial charge in [-0.3, -0.25) is 9.59 Å². The molecule has 2 atom stereocenters. The molecule has 0 spiro atoms. The summed E-state index contributed by atoms with van der Waals surface area (Å²) in [6.45, 7) is 5.59. The van der Waals surface area contributed by atoms with Crippen LogP contribution in [0.5, 0.6) is 0 Å². The Balaban J connectivity index is 1.54. The van der Waals surface area contributed by atoms with E-state index in [2.05, 4.69) is 22.3 Å². The second-order valence-corrected chi connectivity index (χ2v) is 9.24. The summed E-state index contributed by atoms with van der Waals surface area (Å²) in [5.74, 6) is -0.781. The molecule has 3 N–H and O–H groups in total. The fourth-order valence-corrected chi connectivity index (χ4v) is 5.88. The van der Waals surface area contributed by atoms with Gasteiger partial charge in [-0.15, -0.1) is 0 Å². The highest BCUT2D eigenvalue weighted by Crippen LogP contribution is 2.55. The molecule has 1 heterocycles. The molecule has 0 aliphatic heterocycles. The SMILES string of the molecule is C=C(/C=C/n1ncc(C(=O)N[C@H]2C3CC4CC2C[C@](O)(C4)C3)c1C(F)(F)F)C(=O)NCC. The Kier molecular flexibility index (Phi) is 5.68. The highest BCUT2D eigenvalue weighted by Gasteiger charge is 2.55. The van der Waals surface area contributed by atoms with Crippen LogP contribution in [0.15, 0.2) is 24.4 Å². The van der Waals surface area contributed by atoms with Crippen LogP contribution in [0, 0.1) is 17.8 Å². The zero-order valence-electron chi connectivity index (χ0n) is 17.8. The van der Waals surface area contributed by atoms with Gasteiger partial charge in [0.05, 0.1) is 17.4 Å². The van der Waals surface area contributed by atoms with Crippen molar-refractivity contribution >= 4 is 18.0 Å². The van der Waals surface area contributed by atoms with E-state index >= 15 is 0 Å². The number of hydrogen-bond acceptors (Lipinski definition) is 4. The lowest BCUT2D eigenvalue weighted by atomic mass is 9.52. The quantitative estimate of drug-likeness (QED) is 0.457. The first-order valence-corrected chi connectivity index (χ1v) is 10.8. The molecule has 174 valence electrons. The summed E-state index contributed by atoms with van der Waals surface area (Å²) in [7, 11) is 0. The molecule has 10 heteroatoms. The Hall–Kier alpha value is -2.62. The molecule has 0 radical (unpaired) electrons. The first-order valence-electron chi connectivity index (χ1n) is 10.8. The zero-order valence-corrected chi connectivity index (χ0v) is 17.8. The van der Waals surface area contributed by atoms with Crippen molar-refractivity contribution in [3.63, 3.8) is 0 Å². The standard InChI is InChI=1S/C22H27F3N4O3/c1-3-26-19(30)12(2)4-5-29-18(22(23,24)25)16(11-27-29)20(31)28-17-14-6-13-7-15(17)10-21(32,8-13)9-14/h4-5,11,13-15,17,32H,2-3,6-10H2,1H3,(H,26,30)(H,28,31)/b5-4+/t13?,14?,15?,17-,21-. The first-order chi connectivity index (χ1) is 15.0. The van der Waals surface area contributed by atoms with Gasteiger partial charge in [-0.2, -0.15) is 18.3 Å². The molecule has 1 aromatic heterocycles. The van der Waals surface area contributed by atoms with Gasteiger partial charge in [0, 0.05) is 24.4 Å². The van der Waals surface area contributed by atoms with Gasteiger partial charge in [0.25, 0.3) is 11.8 Å². The number of carbonyl (C=O) groups excluding carboxylic acids is 2. The van der Waals surface area contributed by atoms with E-state index in [9.17, 15) is 27.9 Å². The maximum atomic E-state index is 13.8. The van der Waals surface area contributed by atoms with Crippen LogP contribution in [0.25, 0.3) is 6.20 Å². The van der Waals surface area contributed by atoms with Crippen LogP contribution in [0.4, 0.5) is 13.2 Å². The molecule has 0 saturated heterocycles. The minimum Gasteiger partial charge on any atom is -0.390 e. The lowest BCUT2D eigenvalue weighted by Gasteiger charge is -2.58. The van der Waals surface area contributed by atoms with E-state index in [1.807, 2.05) is 0 Å². The number of aromatic nitrogens is 2. The molecule has 7 nitrogen and oxygen atoms in total. The summed E-state index contributed by atoms with van der Waals surface area (Å²) in [5, 5.41) is 19.7. The molecule has 1 aromatic rings. The van der Waals surface area contributed by atoms with E-state index in [1.54, 1.807) is 6.92 Å². The minimum absolute atomic E-state index is 0.0343. The Morgan fingerprint density at radius 3 is 2.53 bits per heavy atom. The van der Waals surface area contributed by atoms with Crippen molar-refractivity contribution in [2.45, 2.75) is 56.8 Å². The third-order valence-electron chi connectivity index (χ3n) is 6.89. The van der Waals surface area contributed by atoms with Crippen LogP contribution < -0.4 is 10.6 Å². The van der Waals surface area contributed by atoms with Crippen molar-refractivity contribution in [3.8, 4) is 0 Å². The lowest BCUT2D eigenvalue weighted by Crippen LogP contribution is -2.61. The second-order valence-electron chi connectivity index (χ2n) is 9.24. The van der Waals surface area contributed by atoms with Gasteiger partial charge in [-0.05, 0) is 62.9 Å². The number of aliphatic hydroxyl groups is 1. The molecule has 2 unspecified atom stereocenters. The van der Waals surface area contributed by atoms with Gasteiger partial charge in [0.1, 0.15) is 0 Å². The maximum absolute atomic E-state index is 13.8. The molecule has 4 bridgehead atoms. The van der Waals surface area contributed by atoms with Gasteiger partial charge in [-0.1, -0.05) is 6.58 Å². The Morgan fingerprint density at radius 2 is 1.97 bits per heavy atom. The van der Waals surface area contributed by atoms with Gasteiger partial charge in [0.2, 0.25) is 0 Å². The summed E-state index contributed by atoms with van der Waals surface area (Å²) in [4.78, 5) is 24.6. The van der Waals surface area contributed by atoms with Crippen LogP contribution in [0.3, 0.4) is 0 Å². The number of rotatable bonds is 6. The summed E-state index contributed by atoms with van der Waals surface area (Å²) in [6, 6.07) is -0.253. The molecule has 5 rings (SSSR count). The summed E-state index contributed by atoms with van der Waals surface area (Å²) < 4.78 is 42.0. The number of likely N-dealkylation sites (N-methyl/N-ethyl adjacent to an activating group) is 1. The predicted molar refractivity (Wildman–Crippen MR) is 110 cm³/mol. The average molecular weight is 452 g/mol. The topological polar surface area (TPSA) is 96.2 Å². The van der Waals surface area contributed by atoms with Crippen LogP contribution in [0.1, 0.15) is 55.1 Å². The van der Waals surface area contributed by atoms with Crippen molar-refractivity contribution in [2.75, 3.05) is 6.54 Å². The van der Waals surface area contributed by atoms with Crippen LogP contribution >= 0.6 is 0 Å². The average Bonchev–Trinajstić information content (AvgIpc) is 3.12. The molecule has 0 aromatic carbocycles. The molecule has 4 aliphatic carbocycles. The minimum atomic E-state index is -4.83. The van der Waals surface area contributed by atoms with E-state index < -0.39 is 34.8 Å². The fourth-order valence-electron chi connectivity index (χ4n) is 5.88. The molecular formula is C22H27F3N4O3. The Morgan fingerprint density at radius 1 is 1.31 bits per heavy atom. The van der Waals surface area contributed by atoms with Crippen molar-refractivity contribution in [2.24, 2.45) is 17.8 Å². The number of alkyl halides is 3. The summed E-state index contributed by atoms with van der Waals surface area (Å²) in [5.41, 5.74) is -2.51. The van der Waals surface area contributed by atoms with Crippen LogP contribution in [0.2, 0.25) is 0 Å². The lowest BCUT2D eigenvalue weighted by molar-refractivity contribution is -0.143. The number of hydrogen-bond donors (Lipinski definition) is 3. The van der Waals surface area contributed by atoms with E-state index in [-0.39, 0.29) is 23.5 Å². The third-order valence-corrected chi connectivity index (χ3v) is 6.89. The highest BCUT2D eigenvalue weighted by molar-refractivity contribution is 5.97. The molecule has 4 saturated carbocycles. The molecule has 4 aliphatic rings. The van der Waals surface area contributed by atoms with E-state index in [0.29, 0.717) is 30.0 Å². The molecule has 32 heavy (non-hydrogen) atoms. The predicted octanol–water partition coefficient (Wildman–Crippen LogP) is 2.73. The number of amides is 2. The number of halogens is 3. The summed E-state index contributed by atoms with van der Waals surface area (Å²) in [6.07, 6.45) is 1.81. The maximum Gasteiger partial charge on any atom is 0.434 e. The van der Waals surface area contributed by atoms with Crippen molar-refractivity contribution in [3.05, 3.63) is 35.7 Å². The van der Waals surface area contributed by atoms with Gasteiger partial charge < -0.3 is 15.7 Å². The van der Waals surface area contributed by atoms with E-state index in [0.717, 1.165) is 37.7 Å². The Labute approximate surface area is 183 Å². The number of nitrogens with one attached hydrogen (secondary N) is 2. The van der Waals surface area contributed by atoms with E-state index in [4.69, 9.17) is 0 Å². The highest BCUT2D eigenvalue weighted by atomic mass is 19.4. The van der Waals surface area contributed by atoms with Crippen molar-refractivity contribution < 1.29 is 27.9 Å². The van der Waals surface area contributed by atoms with Crippen molar-refractivity contribution in [1.29, 1.82) is 0 Å². The van der Waals surface area contributed by atoms with Gasteiger partial charge >= 0.3 is 6.18 Å². The number of nitrogens with zero attached hydrogens (tertiary/aromatic N) is 2. The summed E-state index contributed by atoms with van der Waals surface area (Å²) >= 11 is 0. The fraction of sp³-hybridized carbons (Fsp3) is 0.591. The third kappa shape index (κ3) is 4.20. The van der Waals surface area contributed by atoms with E-state index in [1.165, 1.54) is 0 Å². The number of carbonyl (C=O) groups is 2. The van der Waals surface area contributed by atoms with Crippen molar-refractivity contribution in [1.82, 2.24) is 20.4 Å². The smallest absolute Gasteiger partial charge is 0.390 e. The monoisotopic (exact) mass is 452 g/mol. The largest absolute Gasteiger partial charge is 0.434 e. The Bertz CT molecular complexity index is 952. The van der Waals surface area contributed by atoms with Gasteiger partial charge in [0.15, 0.2) is 5.69 Å². The van der Waals surface area contributed by atoms with Crippen LogP contribution in [-0.2, 0) is 11.0 Å². The second kappa shape index (κ2) is 8.06. The van der Waals surface area contributed by atoms with Crippen LogP contribution in [-0.4, -0.2) is 44.9 Å². The zero-order chi connectivity index (χ0) is 23.3. The molecule has 4 fully saturated rings. The normalized spacial score (nSPS) is 31.2. The first kappa shape index (κ1) is 22.6. The molecule has 2 amide bonds.